The molecular weight excluding hydrogens is 224 g/mol. The fourth-order valence-corrected chi connectivity index (χ4v) is 9.25. The van der Waals surface area contributed by atoms with Crippen LogP contribution < -0.4 is 5.32 Å². The molecule has 0 aromatic heterocycles. The second-order valence-electron chi connectivity index (χ2n) is 3.87. The third-order valence-corrected chi connectivity index (χ3v) is 12.7. The van der Waals surface area contributed by atoms with Crippen LogP contribution in [0.5, 0.6) is 0 Å². The standard InChI is InChI=1S/C9H26N2O2Si2/c1-6-10-8-7-9-14(11(2)3)15(12-4)13-5/h10,14-15H,6-9H2,1-5H3. The highest BCUT2D eigenvalue weighted by Gasteiger charge is 2.27. The first-order chi connectivity index (χ1) is 7.17. The van der Waals surface area contributed by atoms with Crippen LogP contribution in [0.4, 0.5) is 0 Å². The predicted octanol–water partition coefficient (Wildman–Crippen LogP) is -0.137. The van der Waals surface area contributed by atoms with Crippen LogP contribution in [-0.4, -0.2) is 63.2 Å². The quantitative estimate of drug-likeness (QED) is 0.456. The molecule has 0 radical (unpaired) electrons. The molecule has 0 saturated heterocycles. The van der Waals surface area contributed by atoms with E-state index in [1.54, 1.807) is 14.2 Å². The maximum absolute atomic E-state index is 5.50. The summed E-state index contributed by atoms with van der Waals surface area (Å²) in [5.74, 6) is 0. The highest BCUT2D eigenvalue weighted by atomic mass is 29.2. The normalized spacial score (nSPS) is 13.8. The highest BCUT2D eigenvalue weighted by Crippen LogP contribution is 2.05. The van der Waals surface area contributed by atoms with Gasteiger partial charge in [-0.2, -0.15) is 0 Å². The van der Waals surface area contributed by atoms with Crippen LogP contribution in [0.2, 0.25) is 6.04 Å². The van der Waals surface area contributed by atoms with E-state index in [9.17, 15) is 0 Å². The van der Waals surface area contributed by atoms with Gasteiger partial charge >= 0.3 is 8.80 Å². The van der Waals surface area contributed by atoms with Gasteiger partial charge in [0.2, 0.25) is 0 Å². The molecule has 0 amide bonds. The lowest BCUT2D eigenvalue weighted by Gasteiger charge is -2.27. The first-order valence-electron chi connectivity index (χ1n) is 5.60. The molecule has 0 spiro atoms. The third-order valence-electron chi connectivity index (χ3n) is 2.55. The molecule has 6 heteroatoms. The molecular formula is C9H26N2O2Si2. The molecule has 1 N–H and O–H groups in total. The molecule has 0 aromatic rings. The van der Waals surface area contributed by atoms with Gasteiger partial charge in [0.25, 0.3) is 0 Å². The molecule has 15 heavy (non-hydrogen) atoms. The van der Waals surface area contributed by atoms with E-state index in [-0.39, 0.29) is 0 Å². The lowest BCUT2D eigenvalue weighted by Crippen LogP contribution is -2.50. The zero-order valence-electron chi connectivity index (χ0n) is 10.7. The lowest BCUT2D eigenvalue weighted by atomic mass is 10.5. The van der Waals surface area contributed by atoms with Crippen molar-refractivity contribution in [1.82, 2.24) is 9.88 Å². The Kier molecular flexibility index (Phi) is 9.67. The molecule has 4 nitrogen and oxygen atoms in total. The van der Waals surface area contributed by atoms with E-state index in [1.165, 1.54) is 12.5 Å². The summed E-state index contributed by atoms with van der Waals surface area (Å²) in [7, 11) is 5.53. The van der Waals surface area contributed by atoms with Crippen LogP contribution in [0.15, 0.2) is 0 Å². The minimum absolute atomic E-state index is 0.977. The van der Waals surface area contributed by atoms with Crippen LogP contribution in [-0.2, 0) is 8.85 Å². The van der Waals surface area contributed by atoms with Gasteiger partial charge in [0.1, 0.15) is 0 Å². The molecule has 1 atom stereocenters. The van der Waals surface area contributed by atoms with Crippen LogP contribution in [0.25, 0.3) is 0 Å². The molecule has 0 fully saturated rings. The van der Waals surface area contributed by atoms with Gasteiger partial charge in [0.15, 0.2) is 8.48 Å². The maximum atomic E-state index is 5.50. The van der Waals surface area contributed by atoms with Crippen molar-refractivity contribution in [2.24, 2.45) is 0 Å². The molecule has 0 aliphatic heterocycles. The summed E-state index contributed by atoms with van der Waals surface area (Å²) in [6, 6.07) is 1.28. The Labute approximate surface area is 97.3 Å². The SMILES string of the molecule is CCNCCC[SiH](N(C)C)[SiH](OC)OC. The van der Waals surface area contributed by atoms with E-state index in [2.05, 4.69) is 30.9 Å². The molecule has 92 valence electrons. The second-order valence-corrected chi connectivity index (χ2v) is 12.2. The number of hydrogen-bond acceptors (Lipinski definition) is 4. The monoisotopic (exact) mass is 250 g/mol. The third kappa shape index (κ3) is 6.44. The minimum Gasteiger partial charge on any atom is -0.402 e. The fraction of sp³-hybridized carbons (Fsp3) is 1.00. The van der Waals surface area contributed by atoms with Crippen LogP contribution in [0.3, 0.4) is 0 Å². The van der Waals surface area contributed by atoms with Crippen molar-refractivity contribution >= 4 is 17.3 Å². The summed E-state index contributed by atoms with van der Waals surface area (Å²) >= 11 is 0. The molecule has 0 aliphatic carbocycles. The lowest BCUT2D eigenvalue weighted by molar-refractivity contribution is 0.293. The fourth-order valence-electron chi connectivity index (χ4n) is 1.66. The summed E-state index contributed by atoms with van der Waals surface area (Å²) in [5.41, 5.74) is 0. The van der Waals surface area contributed by atoms with Gasteiger partial charge in [-0.3, -0.25) is 0 Å². The summed E-state index contributed by atoms with van der Waals surface area (Å²) in [6.45, 7) is 4.31. The average molecular weight is 250 g/mol. The number of nitrogens with zero attached hydrogens (tertiary/aromatic N) is 1. The van der Waals surface area contributed by atoms with Crippen molar-refractivity contribution in [2.45, 2.75) is 19.4 Å². The summed E-state index contributed by atoms with van der Waals surface area (Å²) in [4.78, 5) is 0. The minimum atomic E-state index is -1.38. The Bertz CT molecular complexity index is 146. The number of nitrogens with one attached hydrogen (secondary N) is 1. The Morgan fingerprint density at radius 3 is 2.20 bits per heavy atom. The second kappa shape index (κ2) is 9.50. The van der Waals surface area contributed by atoms with Gasteiger partial charge in [0, 0.05) is 14.2 Å². The Morgan fingerprint density at radius 1 is 1.20 bits per heavy atom. The molecule has 0 aliphatic rings. The Balaban J connectivity index is 3.92. The van der Waals surface area contributed by atoms with Gasteiger partial charge in [-0.05, 0) is 39.6 Å². The average Bonchev–Trinajstić information content (AvgIpc) is 2.22. The zero-order chi connectivity index (χ0) is 11.7. The van der Waals surface area contributed by atoms with Crippen molar-refractivity contribution in [3.63, 3.8) is 0 Å². The maximum Gasteiger partial charge on any atom is 0.314 e. The van der Waals surface area contributed by atoms with E-state index < -0.39 is 17.3 Å². The van der Waals surface area contributed by atoms with E-state index >= 15 is 0 Å². The van der Waals surface area contributed by atoms with Crippen molar-refractivity contribution in [3.8, 4) is 0 Å². The molecule has 0 heterocycles. The number of hydrogen-bond donors (Lipinski definition) is 1. The van der Waals surface area contributed by atoms with Gasteiger partial charge in [0.05, 0.1) is 0 Å². The van der Waals surface area contributed by atoms with Crippen LogP contribution in [0, 0.1) is 0 Å². The Morgan fingerprint density at radius 2 is 1.80 bits per heavy atom. The molecule has 0 rings (SSSR count). The number of rotatable bonds is 9. The first-order valence-corrected chi connectivity index (χ1v) is 10.5. The summed E-state index contributed by atoms with van der Waals surface area (Å²) < 4.78 is 13.3. The van der Waals surface area contributed by atoms with Gasteiger partial charge in [-0.25, -0.2) is 0 Å². The van der Waals surface area contributed by atoms with Gasteiger partial charge in [-0.15, -0.1) is 0 Å². The van der Waals surface area contributed by atoms with E-state index in [4.69, 9.17) is 8.85 Å². The van der Waals surface area contributed by atoms with Crippen LogP contribution in [0.1, 0.15) is 13.3 Å². The van der Waals surface area contributed by atoms with Crippen molar-refractivity contribution in [3.05, 3.63) is 0 Å². The molecule has 0 bridgehead atoms. The first kappa shape index (κ1) is 15.3. The van der Waals surface area contributed by atoms with Crippen molar-refractivity contribution in [1.29, 1.82) is 0 Å². The predicted molar refractivity (Wildman–Crippen MR) is 70.0 cm³/mol. The van der Waals surface area contributed by atoms with Gasteiger partial charge < -0.3 is 18.7 Å². The van der Waals surface area contributed by atoms with Crippen molar-refractivity contribution < 1.29 is 8.85 Å². The smallest absolute Gasteiger partial charge is 0.314 e. The molecule has 0 aromatic carbocycles. The molecule has 1 unspecified atom stereocenters. The molecule has 0 saturated carbocycles. The zero-order valence-corrected chi connectivity index (χ0v) is 13.1. The topological polar surface area (TPSA) is 33.7 Å². The summed E-state index contributed by atoms with van der Waals surface area (Å²) in [6.07, 6.45) is 1.24. The van der Waals surface area contributed by atoms with Crippen LogP contribution >= 0.6 is 0 Å². The summed E-state index contributed by atoms with van der Waals surface area (Å²) in [5, 5.41) is 3.36. The van der Waals surface area contributed by atoms with E-state index in [0.29, 0.717) is 0 Å². The Hall–Kier alpha value is 0.274. The van der Waals surface area contributed by atoms with Crippen molar-refractivity contribution in [2.75, 3.05) is 41.4 Å². The van der Waals surface area contributed by atoms with E-state index in [1.807, 2.05) is 0 Å². The van der Waals surface area contributed by atoms with E-state index in [0.717, 1.165) is 13.1 Å². The van der Waals surface area contributed by atoms with Gasteiger partial charge in [-0.1, -0.05) is 6.92 Å². The largest absolute Gasteiger partial charge is 0.402 e. The highest BCUT2D eigenvalue weighted by molar-refractivity contribution is 7.15.